The number of rotatable bonds is 7. The monoisotopic (exact) mass is 437 g/mol. The SMILES string of the molecule is C=CCN(Cc1ccc(Cl)s1)C(=O)C1CC(=O)N(c2ccc(F)c([N+](=O)[O-])c2)C1. The number of amides is 2. The summed E-state index contributed by atoms with van der Waals surface area (Å²) in [7, 11) is 0. The summed E-state index contributed by atoms with van der Waals surface area (Å²) in [6.45, 7) is 4.39. The molecular formula is C19H17ClFN3O4S. The molecule has 2 amide bonds. The molecule has 1 aromatic heterocycles. The fourth-order valence-corrected chi connectivity index (χ4v) is 4.31. The van der Waals surface area contributed by atoms with Crippen LogP contribution >= 0.6 is 22.9 Å². The lowest BCUT2D eigenvalue weighted by Crippen LogP contribution is -2.37. The van der Waals surface area contributed by atoms with Crippen LogP contribution < -0.4 is 4.90 Å². The van der Waals surface area contributed by atoms with Crippen molar-refractivity contribution >= 4 is 46.1 Å². The highest BCUT2D eigenvalue weighted by Gasteiger charge is 2.37. The first-order valence-corrected chi connectivity index (χ1v) is 9.87. The van der Waals surface area contributed by atoms with E-state index in [1.807, 2.05) is 6.07 Å². The second-order valence-electron chi connectivity index (χ2n) is 6.51. The summed E-state index contributed by atoms with van der Waals surface area (Å²) in [5.74, 6) is -2.16. The zero-order valence-electron chi connectivity index (χ0n) is 15.2. The maximum Gasteiger partial charge on any atom is 0.306 e. The zero-order chi connectivity index (χ0) is 21.1. The molecule has 0 N–H and O–H groups in total. The van der Waals surface area contributed by atoms with Crippen LogP contribution in [-0.2, 0) is 16.1 Å². The van der Waals surface area contributed by atoms with Gasteiger partial charge in [-0.3, -0.25) is 19.7 Å². The van der Waals surface area contributed by atoms with Gasteiger partial charge in [0.05, 0.1) is 27.4 Å². The number of hydrogen-bond donors (Lipinski definition) is 0. The van der Waals surface area contributed by atoms with E-state index in [2.05, 4.69) is 6.58 Å². The smallest absolute Gasteiger partial charge is 0.306 e. The van der Waals surface area contributed by atoms with Crippen molar-refractivity contribution in [3.63, 3.8) is 0 Å². The third-order valence-corrected chi connectivity index (χ3v) is 5.76. The van der Waals surface area contributed by atoms with E-state index in [0.717, 1.165) is 17.0 Å². The zero-order valence-corrected chi connectivity index (χ0v) is 16.8. The van der Waals surface area contributed by atoms with Crippen LogP contribution in [0.25, 0.3) is 0 Å². The second kappa shape index (κ2) is 8.71. The Kier molecular flexibility index (Phi) is 6.29. The molecule has 0 saturated carbocycles. The summed E-state index contributed by atoms with van der Waals surface area (Å²) in [6.07, 6.45) is 1.58. The van der Waals surface area contributed by atoms with Crippen LogP contribution in [0, 0.1) is 21.8 Å². The summed E-state index contributed by atoms with van der Waals surface area (Å²) < 4.78 is 14.2. The minimum atomic E-state index is -0.982. The fourth-order valence-electron chi connectivity index (χ4n) is 3.20. The lowest BCUT2D eigenvalue weighted by Gasteiger charge is -2.24. The van der Waals surface area contributed by atoms with Gasteiger partial charge in [0.2, 0.25) is 17.6 Å². The molecule has 1 fully saturated rings. The standard InChI is InChI=1S/C19H17ClFN3O4S/c1-2-7-22(11-14-4-6-17(20)29-14)19(26)12-8-18(25)23(10-12)13-3-5-15(21)16(9-13)24(27)28/h2-6,9,12H,1,7-8,10-11H2. The molecule has 1 aromatic carbocycles. The van der Waals surface area contributed by atoms with E-state index in [1.54, 1.807) is 17.0 Å². The summed E-state index contributed by atoms with van der Waals surface area (Å²) >= 11 is 7.31. The molecule has 0 radical (unpaired) electrons. The molecule has 2 heterocycles. The Morgan fingerprint density at radius 1 is 1.45 bits per heavy atom. The highest BCUT2D eigenvalue weighted by Crippen LogP contribution is 2.31. The predicted molar refractivity (Wildman–Crippen MR) is 108 cm³/mol. The Morgan fingerprint density at radius 3 is 2.83 bits per heavy atom. The summed E-state index contributed by atoms with van der Waals surface area (Å²) in [5, 5.41) is 11.0. The Morgan fingerprint density at radius 2 is 2.21 bits per heavy atom. The molecule has 7 nitrogen and oxygen atoms in total. The Hall–Kier alpha value is -2.78. The molecule has 0 bridgehead atoms. The Balaban J connectivity index is 1.77. The number of carbonyl (C=O) groups is 2. The van der Waals surface area contributed by atoms with Gasteiger partial charge in [-0.2, -0.15) is 4.39 Å². The summed E-state index contributed by atoms with van der Waals surface area (Å²) in [5.41, 5.74) is -0.522. The first kappa shape index (κ1) is 20.9. The van der Waals surface area contributed by atoms with Crippen LogP contribution in [0.5, 0.6) is 0 Å². The number of halogens is 2. The molecular weight excluding hydrogens is 421 g/mol. The maximum atomic E-state index is 13.6. The van der Waals surface area contributed by atoms with Gasteiger partial charge in [0, 0.05) is 30.5 Å². The van der Waals surface area contributed by atoms with E-state index in [9.17, 15) is 24.1 Å². The number of nitro benzene ring substituents is 1. The van der Waals surface area contributed by atoms with E-state index in [-0.39, 0.29) is 30.5 Å². The Labute approximate surface area is 175 Å². The van der Waals surface area contributed by atoms with Crippen molar-refractivity contribution in [3.05, 3.63) is 68.1 Å². The van der Waals surface area contributed by atoms with Crippen molar-refractivity contribution in [1.82, 2.24) is 4.90 Å². The van der Waals surface area contributed by atoms with Gasteiger partial charge >= 0.3 is 5.69 Å². The minimum Gasteiger partial charge on any atom is -0.334 e. The van der Waals surface area contributed by atoms with Crippen LogP contribution in [-0.4, -0.2) is 34.7 Å². The molecule has 152 valence electrons. The Bertz CT molecular complexity index is 980. The van der Waals surface area contributed by atoms with Gasteiger partial charge in [0.1, 0.15) is 0 Å². The predicted octanol–water partition coefficient (Wildman–Crippen LogP) is 4.02. The van der Waals surface area contributed by atoms with Gasteiger partial charge in [-0.15, -0.1) is 17.9 Å². The molecule has 1 unspecified atom stereocenters. The van der Waals surface area contributed by atoms with Gasteiger partial charge in [0.15, 0.2) is 0 Å². The molecule has 0 aliphatic carbocycles. The highest BCUT2D eigenvalue weighted by molar-refractivity contribution is 7.16. The van der Waals surface area contributed by atoms with Crippen LogP contribution in [0.4, 0.5) is 15.8 Å². The third-order valence-electron chi connectivity index (χ3n) is 4.55. The number of carbonyl (C=O) groups excluding carboxylic acids is 2. The molecule has 1 saturated heterocycles. The largest absolute Gasteiger partial charge is 0.334 e. The average Bonchev–Trinajstić information content (AvgIpc) is 3.26. The van der Waals surface area contributed by atoms with Crippen LogP contribution in [0.3, 0.4) is 0 Å². The number of benzene rings is 1. The summed E-state index contributed by atoms with van der Waals surface area (Å²) in [4.78, 5) is 39.3. The van der Waals surface area contributed by atoms with E-state index < -0.39 is 22.3 Å². The van der Waals surface area contributed by atoms with Crippen molar-refractivity contribution in [2.45, 2.75) is 13.0 Å². The summed E-state index contributed by atoms with van der Waals surface area (Å²) in [6, 6.07) is 6.83. The molecule has 29 heavy (non-hydrogen) atoms. The molecule has 1 aliphatic rings. The van der Waals surface area contributed by atoms with E-state index in [1.165, 1.54) is 22.3 Å². The molecule has 1 aliphatic heterocycles. The number of nitro groups is 1. The number of nitrogens with zero attached hydrogens (tertiary/aromatic N) is 3. The maximum absolute atomic E-state index is 13.6. The normalized spacial score (nSPS) is 16.1. The number of thiophene rings is 1. The van der Waals surface area contributed by atoms with Gasteiger partial charge in [-0.05, 0) is 24.3 Å². The van der Waals surface area contributed by atoms with Crippen molar-refractivity contribution in [2.24, 2.45) is 5.92 Å². The van der Waals surface area contributed by atoms with Crippen molar-refractivity contribution in [1.29, 1.82) is 0 Å². The van der Waals surface area contributed by atoms with E-state index in [4.69, 9.17) is 11.6 Å². The molecule has 2 aromatic rings. The third kappa shape index (κ3) is 4.63. The lowest BCUT2D eigenvalue weighted by molar-refractivity contribution is -0.387. The van der Waals surface area contributed by atoms with Gasteiger partial charge in [-0.25, -0.2) is 0 Å². The van der Waals surface area contributed by atoms with Crippen molar-refractivity contribution in [3.8, 4) is 0 Å². The minimum absolute atomic E-state index is 0.0250. The highest BCUT2D eigenvalue weighted by atomic mass is 35.5. The average molecular weight is 438 g/mol. The first-order valence-electron chi connectivity index (χ1n) is 8.68. The molecule has 3 rings (SSSR count). The van der Waals surface area contributed by atoms with Crippen molar-refractivity contribution < 1.29 is 18.9 Å². The molecule has 0 spiro atoms. The van der Waals surface area contributed by atoms with Gasteiger partial charge in [-0.1, -0.05) is 17.7 Å². The second-order valence-corrected chi connectivity index (χ2v) is 8.31. The molecule has 1 atom stereocenters. The number of hydrogen-bond acceptors (Lipinski definition) is 5. The fraction of sp³-hybridized carbons (Fsp3) is 0.263. The topological polar surface area (TPSA) is 83.8 Å². The quantitative estimate of drug-likeness (QED) is 0.372. The van der Waals surface area contributed by atoms with Crippen LogP contribution in [0.2, 0.25) is 4.34 Å². The molecule has 10 heteroatoms. The lowest BCUT2D eigenvalue weighted by atomic mass is 10.1. The van der Waals surface area contributed by atoms with Crippen molar-refractivity contribution in [2.75, 3.05) is 18.0 Å². The van der Waals surface area contributed by atoms with Crippen LogP contribution in [0.15, 0.2) is 43.0 Å². The van der Waals surface area contributed by atoms with Gasteiger partial charge in [0.25, 0.3) is 0 Å². The van der Waals surface area contributed by atoms with E-state index in [0.29, 0.717) is 17.4 Å². The van der Waals surface area contributed by atoms with Gasteiger partial charge < -0.3 is 9.80 Å². The first-order chi connectivity index (χ1) is 13.8. The van der Waals surface area contributed by atoms with E-state index >= 15 is 0 Å². The van der Waals surface area contributed by atoms with Crippen LogP contribution in [0.1, 0.15) is 11.3 Å². The number of anilines is 1.